The van der Waals surface area contributed by atoms with E-state index in [1.165, 1.54) is 11.7 Å². The molecule has 0 saturated heterocycles. The van der Waals surface area contributed by atoms with E-state index < -0.39 is 0 Å². The van der Waals surface area contributed by atoms with Gasteiger partial charge in [0.15, 0.2) is 5.75 Å². The molecule has 0 aliphatic carbocycles. The van der Waals surface area contributed by atoms with E-state index in [9.17, 15) is 4.79 Å². The number of ether oxygens (including phenoxy) is 1. The average molecular weight is 206 g/mol. The van der Waals surface area contributed by atoms with E-state index in [0.717, 1.165) is 0 Å². The van der Waals surface area contributed by atoms with Crippen molar-refractivity contribution >= 4 is 17.0 Å². The maximum Gasteiger partial charge on any atom is 0.294 e. The molecule has 2 aromatic rings. The van der Waals surface area contributed by atoms with E-state index in [4.69, 9.17) is 10.5 Å². The third-order valence-corrected chi connectivity index (χ3v) is 2.15. The molecule has 0 radical (unpaired) electrons. The van der Waals surface area contributed by atoms with Gasteiger partial charge in [0.1, 0.15) is 5.65 Å². The minimum atomic E-state index is -0.247. The van der Waals surface area contributed by atoms with E-state index in [2.05, 4.69) is 9.97 Å². The number of anilines is 1. The van der Waals surface area contributed by atoms with Crippen LogP contribution in [0.4, 0.5) is 5.95 Å². The van der Waals surface area contributed by atoms with Gasteiger partial charge in [-0.15, -0.1) is 0 Å². The molecule has 2 N–H and O–H groups in total. The molecule has 0 saturated carbocycles. The van der Waals surface area contributed by atoms with Gasteiger partial charge in [0.05, 0.1) is 7.11 Å². The Hall–Kier alpha value is -2.11. The second-order valence-corrected chi connectivity index (χ2v) is 3.08. The topological polar surface area (TPSA) is 83.0 Å². The van der Waals surface area contributed by atoms with Gasteiger partial charge < -0.3 is 10.5 Å². The summed E-state index contributed by atoms with van der Waals surface area (Å²) in [5.74, 6) is 0.404. The molecule has 2 heterocycles. The van der Waals surface area contributed by atoms with Crippen LogP contribution in [0.3, 0.4) is 0 Å². The monoisotopic (exact) mass is 206 g/mol. The molecule has 15 heavy (non-hydrogen) atoms. The zero-order valence-electron chi connectivity index (χ0n) is 8.39. The number of nitrogen functional groups attached to an aromatic ring is 1. The highest BCUT2D eigenvalue weighted by Crippen LogP contribution is 2.13. The van der Waals surface area contributed by atoms with Crippen LogP contribution in [-0.4, -0.2) is 21.6 Å². The number of aromatic nitrogens is 3. The quantitative estimate of drug-likeness (QED) is 0.705. The lowest BCUT2D eigenvalue weighted by Crippen LogP contribution is -2.19. The van der Waals surface area contributed by atoms with Gasteiger partial charge in [-0.3, -0.25) is 9.36 Å². The molecular formula is C9H10N4O2. The molecule has 0 aromatic carbocycles. The van der Waals surface area contributed by atoms with Gasteiger partial charge in [-0.25, -0.2) is 4.98 Å². The summed E-state index contributed by atoms with van der Waals surface area (Å²) < 4.78 is 6.33. The Balaban J connectivity index is 2.91. The minimum Gasteiger partial charge on any atom is -0.491 e. The number of nitrogens with two attached hydrogens (primary N) is 1. The van der Waals surface area contributed by atoms with Gasteiger partial charge in [0.25, 0.3) is 5.56 Å². The number of rotatable bonds is 1. The third kappa shape index (κ3) is 1.39. The first-order valence-electron chi connectivity index (χ1n) is 4.29. The Bertz CT molecular complexity index is 576. The van der Waals surface area contributed by atoms with Crippen molar-refractivity contribution in [1.82, 2.24) is 14.5 Å². The number of aryl methyl sites for hydroxylation is 1. The predicted octanol–water partition coefficient (Wildman–Crippen LogP) is -0.0807. The molecule has 0 amide bonds. The zero-order valence-corrected chi connectivity index (χ0v) is 8.39. The van der Waals surface area contributed by atoms with Crippen molar-refractivity contribution in [2.75, 3.05) is 12.8 Å². The largest absolute Gasteiger partial charge is 0.491 e. The fraction of sp³-hybridized carbons (Fsp3) is 0.222. The Labute approximate surface area is 85.3 Å². The van der Waals surface area contributed by atoms with Gasteiger partial charge in [-0.05, 0) is 6.07 Å². The Morgan fingerprint density at radius 3 is 2.93 bits per heavy atom. The van der Waals surface area contributed by atoms with Gasteiger partial charge >= 0.3 is 0 Å². The highest BCUT2D eigenvalue weighted by Gasteiger charge is 2.08. The first-order valence-corrected chi connectivity index (χ1v) is 4.29. The molecule has 0 atom stereocenters. The molecule has 2 aromatic heterocycles. The lowest BCUT2D eigenvalue weighted by atomic mass is 10.3. The van der Waals surface area contributed by atoms with E-state index in [0.29, 0.717) is 11.0 Å². The molecule has 0 aliphatic rings. The summed E-state index contributed by atoms with van der Waals surface area (Å²) in [6.45, 7) is 0. The highest BCUT2D eigenvalue weighted by molar-refractivity contribution is 5.76. The van der Waals surface area contributed by atoms with Crippen LogP contribution in [0, 0.1) is 0 Å². The van der Waals surface area contributed by atoms with Crippen LogP contribution in [0.15, 0.2) is 17.1 Å². The summed E-state index contributed by atoms with van der Waals surface area (Å²) in [4.78, 5) is 19.5. The first-order chi connectivity index (χ1) is 7.13. The predicted molar refractivity (Wildman–Crippen MR) is 55.7 cm³/mol. The number of hydrogen-bond acceptors (Lipinski definition) is 5. The zero-order chi connectivity index (χ0) is 11.0. The molecule has 0 aliphatic heterocycles. The van der Waals surface area contributed by atoms with Crippen LogP contribution in [-0.2, 0) is 7.05 Å². The second-order valence-electron chi connectivity index (χ2n) is 3.08. The van der Waals surface area contributed by atoms with Crippen LogP contribution in [0.25, 0.3) is 11.0 Å². The van der Waals surface area contributed by atoms with Crippen molar-refractivity contribution in [2.24, 2.45) is 7.05 Å². The molecule has 6 heteroatoms. The minimum absolute atomic E-state index is 0.141. The molecule has 0 spiro atoms. The summed E-state index contributed by atoms with van der Waals surface area (Å²) in [5.41, 5.74) is 5.69. The number of nitrogens with zero attached hydrogens (tertiary/aromatic N) is 3. The molecule has 2 rings (SSSR count). The van der Waals surface area contributed by atoms with Crippen LogP contribution in [0.1, 0.15) is 0 Å². The lowest BCUT2D eigenvalue weighted by molar-refractivity contribution is 0.406. The average Bonchev–Trinajstić information content (AvgIpc) is 2.24. The summed E-state index contributed by atoms with van der Waals surface area (Å²) in [6.07, 6.45) is 1.56. The van der Waals surface area contributed by atoms with Crippen LogP contribution >= 0.6 is 0 Å². The van der Waals surface area contributed by atoms with E-state index >= 15 is 0 Å². The molecule has 6 nitrogen and oxygen atoms in total. The maximum atomic E-state index is 11.7. The van der Waals surface area contributed by atoms with Gasteiger partial charge in [-0.1, -0.05) is 0 Å². The molecule has 0 unspecified atom stereocenters. The standard InChI is InChI=1S/C9H10N4O2/c1-13-7-5(4-11-9(10)12-7)3-6(15-2)8(13)14/h3-4H,1-2H3,(H2,10,11,12). The Morgan fingerprint density at radius 2 is 2.27 bits per heavy atom. The maximum absolute atomic E-state index is 11.7. The van der Waals surface area contributed by atoms with E-state index in [-0.39, 0.29) is 17.3 Å². The van der Waals surface area contributed by atoms with Crippen molar-refractivity contribution in [1.29, 1.82) is 0 Å². The fourth-order valence-corrected chi connectivity index (χ4v) is 1.38. The van der Waals surface area contributed by atoms with E-state index in [1.54, 1.807) is 19.3 Å². The van der Waals surface area contributed by atoms with Crippen molar-refractivity contribution in [3.05, 3.63) is 22.6 Å². The molecule has 0 bridgehead atoms. The van der Waals surface area contributed by atoms with Gasteiger partial charge in [-0.2, -0.15) is 4.98 Å². The number of pyridine rings is 1. The third-order valence-electron chi connectivity index (χ3n) is 2.15. The van der Waals surface area contributed by atoms with Crippen LogP contribution in [0.5, 0.6) is 5.75 Å². The Kier molecular flexibility index (Phi) is 2.03. The fourth-order valence-electron chi connectivity index (χ4n) is 1.38. The summed E-state index contributed by atoms with van der Waals surface area (Å²) in [7, 11) is 3.06. The second kappa shape index (κ2) is 3.23. The van der Waals surface area contributed by atoms with Gasteiger partial charge in [0, 0.05) is 18.6 Å². The smallest absolute Gasteiger partial charge is 0.294 e. The SMILES string of the molecule is COc1cc2cnc(N)nc2n(C)c1=O. The van der Waals surface area contributed by atoms with Crippen LogP contribution in [0.2, 0.25) is 0 Å². The van der Waals surface area contributed by atoms with Crippen molar-refractivity contribution < 1.29 is 4.74 Å². The van der Waals surface area contributed by atoms with Crippen molar-refractivity contribution in [2.45, 2.75) is 0 Å². The summed E-state index contributed by atoms with van der Waals surface area (Å²) in [5, 5.41) is 0.711. The van der Waals surface area contributed by atoms with Gasteiger partial charge in [0.2, 0.25) is 5.95 Å². The van der Waals surface area contributed by atoms with Crippen LogP contribution < -0.4 is 16.0 Å². The number of methoxy groups -OCH3 is 1. The van der Waals surface area contributed by atoms with Crippen molar-refractivity contribution in [3.63, 3.8) is 0 Å². The normalized spacial score (nSPS) is 10.5. The van der Waals surface area contributed by atoms with Crippen molar-refractivity contribution in [3.8, 4) is 5.75 Å². The lowest BCUT2D eigenvalue weighted by Gasteiger charge is -2.06. The number of hydrogen-bond donors (Lipinski definition) is 1. The summed E-state index contributed by atoms with van der Waals surface area (Å²) in [6, 6.07) is 1.59. The van der Waals surface area contributed by atoms with E-state index in [1.807, 2.05) is 0 Å². The number of fused-ring (bicyclic) bond motifs is 1. The summed E-state index contributed by atoms with van der Waals surface area (Å²) >= 11 is 0. The Morgan fingerprint density at radius 1 is 1.53 bits per heavy atom. The molecule has 0 fully saturated rings. The highest BCUT2D eigenvalue weighted by atomic mass is 16.5. The molecular weight excluding hydrogens is 196 g/mol. The first kappa shape index (κ1) is 9.45. The molecule has 78 valence electrons.